The highest BCUT2D eigenvalue weighted by molar-refractivity contribution is 7.89. The fraction of sp³-hybridized carbons (Fsp3) is 0.714. The molecule has 0 aliphatic heterocycles. The van der Waals surface area contributed by atoms with Gasteiger partial charge < -0.3 is 10.6 Å². The second-order valence-corrected chi connectivity index (χ2v) is 8.68. The molecule has 0 atom stereocenters. The number of aliphatic imine (C=N–C) groups is 1. The lowest BCUT2D eigenvalue weighted by atomic mass is 10.4. The zero-order valence-corrected chi connectivity index (χ0v) is 16.6. The third-order valence-corrected chi connectivity index (χ3v) is 6.25. The molecule has 26 heavy (non-hydrogen) atoms. The summed E-state index contributed by atoms with van der Waals surface area (Å²) in [6, 6.07) is 0. The predicted octanol–water partition coefficient (Wildman–Crippen LogP) is 1.54. The highest BCUT2D eigenvalue weighted by Crippen LogP contribution is 2.29. The molecular formula is C14H24F3N5O2S2. The summed E-state index contributed by atoms with van der Waals surface area (Å²) >= 11 is 0.971. The third-order valence-electron chi connectivity index (χ3n) is 3.48. The van der Waals surface area contributed by atoms with Gasteiger partial charge in [-0.15, -0.1) is 11.3 Å². The Labute approximate surface area is 155 Å². The van der Waals surface area contributed by atoms with E-state index in [0.717, 1.165) is 16.7 Å². The van der Waals surface area contributed by atoms with E-state index in [1.165, 1.54) is 11.4 Å². The van der Waals surface area contributed by atoms with Crippen molar-refractivity contribution in [1.29, 1.82) is 0 Å². The van der Waals surface area contributed by atoms with Crippen molar-refractivity contribution in [2.75, 3.05) is 39.5 Å². The Morgan fingerprint density at radius 2 is 2.00 bits per heavy atom. The van der Waals surface area contributed by atoms with Crippen molar-refractivity contribution in [3.8, 4) is 0 Å². The molecule has 0 bridgehead atoms. The number of nitrogens with zero attached hydrogens (tertiary/aromatic N) is 3. The van der Waals surface area contributed by atoms with E-state index in [1.54, 1.807) is 14.0 Å². The molecule has 12 heteroatoms. The number of rotatable bonds is 9. The van der Waals surface area contributed by atoms with Crippen molar-refractivity contribution in [3.05, 3.63) is 16.1 Å². The van der Waals surface area contributed by atoms with Crippen LogP contribution < -0.4 is 10.6 Å². The van der Waals surface area contributed by atoms with Gasteiger partial charge in [-0.1, -0.05) is 0 Å². The van der Waals surface area contributed by atoms with Crippen molar-refractivity contribution in [3.63, 3.8) is 0 Å². The molecule has 0 saturated heterocycles. The summed E-state index contributed by atoms with van der Waals surface area (Å²) in [5, 5.41) is 7.42. The summed E-state index contributed by atoms with van der Waals surface area (Å²) in [6.45, 7) is 2.88. The standard InChI is InChI=1S/C14H24F3N5O2S2/c1-4-26(23,24)22(3)9-5-7-19-13(18-2)20-8-6-12-21-11(10-25-12)14(15,16)17/h10H,4-9H2,1-3H3,(H2,18,19,20). The lowest BCUT2D eigenvalue weighted by Gasteiger charge is -2.16. The van der Waals surface area contributed by atoms with Crippen LogP contribution in [-0.2, 0) is 22.6 Å². The SMILES string of the molecule is CCS(=O)(=O)N(C)CCCNC(=NC)NCCc1nc(C(F)(F)F)cs1. The van der Waals surface area contributed by atoms with E-state index in [1.807, 2.05) is 0 Å². The summed E-state index contributed by atoms with van der Waals surface area (Å²) in [4.78, 5) is 7.57. The molecule has 0 fully saturated rings. The molecule has 0 aliphatic rings. The quantitative estimate of drug-likeness (QED) is 0.363. The number of alkyl halides is 3. The molecular weight excluding hydrogens is 391 g/mol. The highest BCUT2D eigenvalue weighted by atomic mass is 32.2. The molecule has 0 saturated carbocycles. The summed E-state index contributed by atoms with van der Waals surface area (Å²) in [6.07, 6.45) is -3.48. The van der Waals surface area contributed by atoms with E-state index >= 15 is 0 Å². The number of hydrogen-bond acceptors (Lipinski definition) is 5. The van der Waals surface area contributed by atoms with Gasteiger partial charge in [0, 0.05) is 45.5 Å². The molecule has 0 radical (unpaired) electrons. The molecule has 1 aromatic rings. The Morgan fingerprint density at radius 3 is 2.54 bits per heavy atom. The average molecular weight is 416 g/mol. The van der Waals surface area contributed by atoms with Crippen LogP contribution in [0, 0.1) is 0 Å². The first-order valence-corrected chi connectivity index (χ1v) is 10.5. The van der Waals surface area contributed by atoms with E-state index < -0.39 is 21.9 Å². The minimum Gasteiger partial charge on any atom is -0.356 e. The molecule has 0 aromatic carbocycles. The highest BCUT2D eigenvalue weighted by Gasteiger charge is 2.33. The maximum absolute atomic E-state index is 12.5. The largest absolute Gasteiger partial charge is 0.434 e. The molecule has 150 valence electrons. The fourth-order valence-corrected chi connectivity index (χ4v) is 3.59. The van der Waals surface area contributed by atoms with Crippen molar-refractivity contribution >= 4 is 27.3 Å². The van der Waals surface area contributed by atoms with Gasteiger partial charge in [0.05, 0.1) is 10.8 Å². The van der Waals surface area contributed by atoms with Gasteiger partial charge in [-0.05, 0) is 13.3 Å². The van der Waals surface area contributed by atoms with E-state index in [4.69, 9.17) is 0 Å². The van der Waals surface area contributed by atoms with Crippen LogP contribution in [0.3, 0.4) is 0 Å². The molecule has 0 amide bonds. The Hall–Kier alpha value is -1.40. The zero-order chi connectivity index (χ0) is 19.8. The summed E-state index contributed by atoms with van der Waals surface area (Å²) < 4.78 is 62.0. The number of sulfonamides is 1. The van der Waals surface area contributed by atoms with Gasteiger partial charge >= 0.3 is 6.18 Å². The molecule has 0 unspecified atom stereocenters. The van der Waals surface area contributed by atoms with Crippen molar-refractivity contribution in [1.82, 2.24) is 19.9 Å². The molecule has 0 spiro atoms. The van der Waals surface area contributed by atoms with E-state index in [9.17, 15) is 21.6 Å². The van der Waals surface area contributed by atoms with Crippen LogP contribution in [0.25, 0.3) is 0 Å². The van der Waals surface area contributed by atoms with Crippen LogP contribution in [0.2, 0.25) is 0 Å². The van der Waals surface area contributed by atoms with Gasteiger partial charge in [-0.25, -0.2) is 17.7 Å². The first-order valence-electron chi connectivity index (χ1n) is 8.00. The summed E-state index contributed by atoms with van der Waals surface area (Å²) in [5.74, 6) is 0.561. The van der Waals surface area contributed by atoms with Gasteiger partial charge in [0.15, 0.2) is 11.7 Å². The van der Waals surface area contributed by atoms with E-state index in [0.29, 0.717) is 43.4 Å². The molecule has 2 N–H and O–H groups in total. The number of nitrogens with one attached hydrogen (secondary N) is 2. The van der Waals surface area contributed by atoms with Crippen molar-refractivity contribution in [2.45, 2.75) is 25.9 Å². The second-order valence-electron chi connectivity index (χ2n) is 5.38. The van der Waals surface area contributed by atoms with Crippen LogP contribution in [0.4, 0.5) is 13.2 Å². The van der Waals surface area contributed by atoms with Crippen LogP contribution in [-0.4, -0.2) is 63.1 Å². The van der Waals surface area contributed by atoms with Gasteiger partial charge in [-0.2, -0.15) is 13.2 Å². The Balaban J connectivity index is 2.30. The first-order chi connectivity index (χ1) is 12.1. The Kier molecular flexibility index (Phi) is 8.77. The van der Waals surface area contributed by atoms with E-state index in [2.05, 4.69) is 20.6 Å². The lowest BCUT2D eigenvalue weighted by molar-refractivity contribution is -0.140. The Morgan fingerprint density at radius 1 is 1.35 bits per heavy atom. The smallest absolute Gasteiger partial charge is 0.356 e. The third kappa shape index (κ3) is 7.46. The molecule has 0 aliphatic carbocycles. The minimum absolute atomic E-state index is 0.0625. The fourth-order valence-electron chi connectivity index (χ4n) is 1.93. The van der Waals surface area contributed by atoms with Crippen LogP contribution >= 0.6 is 11.3 Å². The second kappa shape index (κ2) is 10.1. The minimum atomic E-state index is -4.42. The van der Waals surface area contributed by atoms with Crippen molar-refractivity contribution < 1.29 is 21.6 Å². The molecule has 1 rings (SSSR count). The molecule has 1 heterocycles. The average Bonchev–Trinajstić information content (AvgIpc) is 3.05. The van der Waals surface area contributed by atoms with E-state index in [-0.39, 0.29) is 5.75 Å². The Bertz CT molecular complexity index is 689. The number of guanidine groups is 1. The maximum atomic E-state index is 12.5. The van der Waals surface area contributed by atoms with Gasteiger partial charge in [0.2, 0.25) is 10.0 Å². The number of halogens is 3. The lowest BCUT2D eigenvalue weighted by Crippen LogP contribution is -2.39. The van der Waals surface area contributed by atoms with Gasteiger partial charge in [0.25, 0.3) is 0 Å². The zero-order valence-electron chi connectivity index (χ0n) is 14.9. The van der Waals surface area contributed by atoms with Crippen LogP contribution in [0.5, 0.6) is 0 Å². The normalized spacial score (nSPS) is 13.3. The van der Waals surface area contributed by atoms with Crippen molar-refractivity contribution in [2.24, 2.45) is 4.99 Å². The van der Waals surface area contributed by atoms with Gasteiger partial charge in [-0.3, -0.25) is 4.99 Å². The number of hydrogen-bond donors (Lipinski definition) is 2. The molecule has 1 aromatic heterocycles. The van der Waals surface area contributed by atoms with Crippen LogP contribution in [0.15, 0.2) is 10.4 Å². The van der Waals surface area contributed by atoms with Crippen LogP contribution in [0.1, 0.15) is 24.0 Å². The number of aromatic nitrogens is 1. The topological polar surface area (TPSA) is 86.7 Å². The summed E-state index contributed by atoms with van der Waals surface area (Å²) in [5.41, 5.74) is -0.869. The monoisotopic (exact) mass is 415 g/mol. The first kappa shape index (κ1) is 22.6. The maximum Gasteiger partial charge on any atom is 0.434 e. The van der Waals surface area contributed by atoms with Gasteiger partial charge in [0.1, 0.15) is 0 Å². The molecule has 7 nitrogen and oxygen atoms in total. The predicted molar refractivity (Wildman–Crippen MR) is 96.9 cm³/mol. The number of thiazole rings is 1. The summed E-state index contributed by atoms with van der Waals surface area (Å²) in [7, 11) is -0.0697.